The van der Waals surface area contributed by atoms with Gasteiger partial charge in [-0.2, -0.15) is 0 Å². The monoisotopic (exact) mass is 424 g/mol. The fourth-order valence-electron chi connectivity index (χ4n) is 3.26. The molecule has 0 radical (unpaired) electrons. The highest BCUT2D eigenvalue weighted by atomic mass is 16.5. The van der Waals surface area contributed by atoms with E-state index in [1.807, 2.05) is 49.4 Å². The van der Waals surface area contributed by atoms with Gasteiger partial charge < -0.3 is 25.0 Å². The van der Waals surface area contributed by atoms with Crippen LogP contribution in [0.4, 0.5) is 0 Å². The maximum Gasteiger partial charge on any atom is 0.253 e. The molecule has 0 saturated carbocycles. The van der Waals surface area contributed by atoms with E-state index in [2.05, 4.69) is 10.6 Å². The van der Waals surface area contributed by atoms with Crippen molar-refractivity contribution in [2.24, 2.45) is 4.99 Å². The Morgan fingerprint density at radius 2 is 1.84 bits per heavy atom. The Kier molecular flexibility index (Phi) is 8.15. The molecular weight excluding hydrogens is 392 g/mol. The molecule has 1 aliphatic rings. The number of aliphatic imine (C=N–C) groups is 1. The third-order valence-electron chi connectivity index (χ3n) is 4.86. The summed E-state index contributed by atoms with van der Waals surface area (Å²) in [5.41, 5.74) is 2.88. The first kappa shape index (κ1) is 22.5. The predicted octanol–water partition coefficient (Wildman–Crippen LogP) is 2.85. The summed E-state index contributed by atoms with van der Waals surface area (Å²) in [4.78, 5) is 18.4. The predicted molar refractivity (Wildman–Crippen MR) is 123 cm³/mol. The first-order chi connectivity index (χ1) is 15.1. The van der Waals surface area contributed by atoms with Crippen molar-refractivity contribution in [2.45, 2.75) is 26.3 Å². The van der Waals surface area contributed by atoms with Crippen LogP contribution >= 0.6 is 0 Å². The highest BCUT2D eigenvalue weighted by molar-refractivity contribution is 5.94. The van der Waals surface area contributed by atoms with Crippen LogP contribution in [-0.4, -0.2) is 57.2 Å². The Morgan fingerprint density at radius 3 is 2.61 bits per heavy atom. The second-order valence-electron chi connectivity index (χ2n) is 7.60. The normalized spacial score (nSPS) is 13.3. The highest BCUT2D eigenvalue weighted by Gasteiger charge is 2.11. The maximum atomic E-state index is 12.2. The van der Waals surface area contributed by atoms with Crippen LogP contribution in [0.15, 0.2) is 47.5 Å². The number of fused-ring (bicyclic) bond motifs is 1. The van der Waals surface area contributed by atoms with E-state index in [1.165, 1.54) is 0 Å². The van der Waals surface area contributed by atoms with Crippen LogP contribution in [0, 0.1) is 0 Å². The van der Waals surface area contributed by atoms with Crippen molar-refractivity contribution in [3.8, 4) is 11.5 Å². The van der Waals surface area contributed by atoms with Gasteiger partial charge >= 0.3 is 0 Å². The van der Waals surface area contributed by atoms with E-state index in [4.69, 9.17) is 14.5 Å². The Labute approximate surface area is 184 Å². The smallest absolute Gasteiger partial charge is 0.253 e. The molecule has 1 amide bonds. The standard InChI is InChI=1S/C24H32N4O3/c1-4-25-24(26-12-11-18-7-5-8-20(15-18)23(29)28(2)3)27-17-19-9-10-21-22(16-19)31-14-6-13-30-21/h5,7-10,15-16H,4,6,11-14,17H2,1-3H3,(H2,25,26,27). The van der Waals surface area contributed by atoms with Gasteiger partial charge in [0.2, 0.25) is 0 Å². The molecule has 31 heavy (non-hydrogen) atoms. The largest absolute Gasteiger partial charge is 0.490 e. The summed E-state index contributed by atoms with van der Waals surface area (Å²) in [6.45, 7) is 5.43. The molecule has 1 heterocycles. The van der Waals surface area contributed by atoms with E-state index in [-0.39, 0.29) is 5.91 Å². The van der Waals surface area contributed by atoms with Crippen molar-refractivity contribution in [1.82, 2.24) is 15.5 Å². The lowest BCUT2D eigenvalue weighted by atomic mass is 10.1. The van der Waals surface area contributed by atoms with Gasteiger partial charge in [0.15, 0.2) is 17.5 Å². The van der Waals surface area contributed by atoms with Gasteiger partial charge in [0.05, 0.1) is 19.8 Å². The minimum atomic E-state index is 0.0137. The number of hydrogen-bond donors (Lipinski definition) is 2. The molecule has 0 aliphatic carbocycles. The number of rotatable bonds is 7. The number of hydrogen-bond acceptors (Lipinski definition) is 4. The number of benzene rings is 2. The van der Waals surface area contributed by atoms with Gasteiger partial charge in [-0.15, -0.1) is 0 Å². The molecule has 0 spiro atoms. The van der Waals surface area contributed by atoms with Crippen LogP contribution in [0.2, 0.25) is 0 Å². The fourth-order valence-corrected chi connectivity index (χ4v) is 3.26. The highest BCUT2D eigenvalue weighted by Crippen LogP contribution is 2.30. The summed E-state index contributed by atoms with van der Waals surface area (Å²) < 4.78 is 11.5. The third-order valence-corrected chi connectivity index (χ3v) is 4.86. The molecule has 0 fully saturated rings. The molecule has 2 aromatic carbocycles. The third kappa shape index (κ3) is 6.64. The lowest BCUT2D eigenvalue weighted by Gasteiger charge is -2.13. The fraction of sp³-hybridized carbons (Fsp3) is 0.417. The average Bonchev–Trinajstić information content (AvgIpc) is 3.02. The molecule has 2 N–H and O–H groups in total. The van der Waals surface area contributed by atoms with E-state index in [9.17, 15) is 4.79 Å². The molecule has 0 saturated heterocycles. The summed E-state index contributed by atoms with van der Waals surface area (Å²) >= 11 is 0. The number of carbonyl (C=O) groups excluding carboxylic acids is 1. The van der Waals surface area contributed by atoms with Gasteiger partial charge in [-0.3, -0.25) is 4.79 Å². The van der Waals surface area contributed by atoms with Gasteiger partial charge in [-0.1, -0.05) is 18.2 Å². The summed E-state index contributed by atoms with van der Waals surface area (Å²) in [5, 5.41) is 6.65. The molecule has 2 aromatic rings. The SMILES string of the molecule is CCNC(=NCc1ccc2c(c1)OCCCO2)NCCc1cccc(C(=O)N(C)C)c1. The van der Waals surface area contributed by atoms with E-state index in [0.717, 1.165) is 48.0 Å². The summed E-state index contributed by atoms with van der Waals surface area (Å²) in [5.74, 6) is 2.36. The zero-order valence-corrected chi connectivity index (χ0v) is 18.6. The van der Waals surface area contributed by atoms with Crippen LogP contribution in [-0.2, 0) is 13.0 Å². The second kappa shape index (κ2) is 11.2. The summed E-state index contributed by atoms with van der Waals surface area (Å²) in [7, 11) is 3.53. The van der Waals surface area contributed by atoms with Crippen LogP contribution in [0.1, 0.15) is 34.8 Å². The molecule has 0 unspecified atom stereocenters. The lowest BCUT2D eigenvalue weighted by Crippen LogP contribution is -2.38. The first-order valence-corrected chi connectivity index (χ1v) is 10.8. The molecule has 7 nitrogen and oxygen atoms in total. The first-order valence-electron chi connectivity index (χ1n) is 10.8. The molecule has 1 aliphatic heterocycles. The van der Waals surface area contributed by atoms with E-state index < -0.39 is 0 Å². The molecule has 3 rings (SSSR count). The molecule has 0 aromatic heterocycles. The van der Waals surface area contributed by atoms with Crippen LogP contribution in [0.5, 0.6) is 11.5 Å². The Hall–Kier alpha value is -3.22. The molecular formula is C24H32N4O3. The van der Waals surface area contributed by atoms with Gasteiger partial charge in [-0.05, 0) is 48.7 Å². The number of nitrogens with zero attached hydrogens (tertiary/aromatic N) is 2. The van der Waals surface area contributed by atoms with Gasteiger partial charge in [0.25, 0.3) is 5.91 Å². The van der Waals surface area contributed by atoms with Crippen molar-refractivity contribution >= 4 is 11.9 Å². The van der Waals surface area contributed by atoms with Crippen LogP contribution in [0.3, 0.4) is 0 Å². The molecule has 7 heteroatoms. The topological polar surface area (TPSA) is 75.2 Å². The van der Waals surface area contributed by atoms with Gasteiger partial charge in [0, 0.05) is 39.2 Å². The van der Waals surface area contributed by atoms with Crippen molar-refractivity contribution in [1.29, 1.82) is 0 Å². The van der Waals surface area contributed by atoms with Crippen LogP contribution < -0.4 is 20.1 Å². The summed E-state index contributed by atoms with van der Waals surface area (Å²) in [6, 6.07) is 13.7. The van der Waals surface area contributed by atoms with Crippen molar-refractivity contribution in [3.05, 3.63) is 59.2 Å². The van der Waals surface area contributed by atoms with Crippen molar-refractivity contribution in [2.75, 3.05) is 40.4 Å². The van der Waals surface area contributed by atoms with Gasteiger partial charge in [0.1, 0.15) is 0 Å². The van der Waals surface area contributed by atoms with Gasteiger partial charge in [-0.25, -0.2) is 4.99 Å². The minimum Gasteiger partial charge on any atom is -0.490 e. The summed E-state index contributed by atoms with van der Waals surface area (Å²) in [6.07, 6.45) is 1.69. The molecule has 166 valence electrons. The molecule has 0 bridgehead atoms. The Bertz CT molecular complexity index is 911. The zero-order chi connectivity index (χ0) is 22.1. The average molecular weight is 425 g/mol. The number of guanidine groups is 1. The minimum absolute atomic E-state index is 0.0137. The molecule has 0 atom stereocenters. The lowest BCUT2D eigenvalue weighted by molar-refractivity contribution is 0.0827. The Balaban J connectivity index is 1.57. The maximum absolute atomic E-state index is 12.2. The van der Waals surface area contributed by atoms with Crippen molar-refractivity contribution < 1.29 is 14.3 Å². The Morgan fingerprint density at radius 1 is 1.03 bits per heavy atom. The van der Waals surface area contributed by atoms with Crippen LogP contribution in [0.25, 0.3) is 0 Å². The second-order valence-corrected chi connectivity index (χ2v) is 7.60. The zero-order valence-electron chi connectivity index (χ0n) is 18.6. The van der Waals surface area contributed by atoms with E-state index >= 15 is 0 Å². The number of nitrogens with one attached hydrogen (secondary N) is 2. The van der Waals surface area contributed by atoms with Crippen molar-refractivity contribution in [3.63, 3.8) is 0 Å². The number of ether oxygens (including phenoxy) is 2. The number of carbonyl (C=O) groups is 1. The number of amides is 1. The van der Waals surface area contributed by atoms with E-state index in [1.54, 1.807) is 19.0 Å². The van der Waals surface area contributed by atoms with E-state index in [0.29, 0.717) is 31.9 Å². The quantitative estimate of drug-likeness (QED) is 0.528.